The quantitative estimate of drug-likeness (QED) is 0.463. The number of rotatable bonds is 6. The van der Waals surface area contributed by atoms with Gasteiger partial charge in [0, 0.05) is 24.0 Å². The molecular formula is C26H26N2O2. The number of hydrogen-bond donors (Lipinski definition) is 0. The number of ether oxygens (including phenoxy) is 1. The second kappa shape index (κ2) is 8.56. The van der Waals surface area contributed by atoms with Crippen LogP contribution in [0.4, 0.5) is 0 Å². The van der Waals surface area contributed by atoms with Crippen molar-refractivity contribution in [3.05, 3.63) is 89.2 Å². The van der Waals surface area contributed by atoms with Crippen molar-refractivity contribution in [1.82, 2.24) is 9.47 Å². The summed E-state index contributed by atoms with van der Waals surface area (Å²) in [6.07, 6.45) is 0. The van der Waals surface area contributed by atoms with Gasteiger partial charge in [-0.15, -0.1) is 0 Å². The largest absolute Gasteiger partial charge is 0.497 e. The third kappa shape index (κ3) is 3.74. The van der Waals surface area contributed by atoms with Gasteiger partial charge in [-0.1, -0.05) is 60.7 Å². The first-order valence-corrected chi connectivity index (χ1v) is 10.1. The maximum absolute atomic E-state index is 13.5. The lowest BCUT2D eigenvalue weighted by Gasteiger charge is -2.22. The first-order chi connectivity index (χ1) is 14.6. The Kier molecular flexibility index (Phi) is 5.68. The summed E-state index contributed by atoms with van der Waals surface area (Å²) < 4.78 is 7.28. The minimum Gasteiger partial charge on any atom is -0.497 e. The predicted octanol–water partition coefficient (Wildman–Crippen LogP) is 4.91. The Morgan fingerprint density at radius 2 is 1.43 bits per heavy atom. The van der Waals surface area contributed by atoms with E-state index in [9.17, 15) is 4.79 Å². The number of pyridine rings is 1. The molecule has 4 aromatic rings. The molecule has 0 aliphatic rings. The molecular weight excluding hydrogens is 372 g/mol. The minimum absolute atomic E-state index is 0.0450. The molecule has 0 unspecified atom stereocenters. The van der Waals surface area contributed by atoms with Crippen LogP contribution in [0.1, 0.15) is 0 Å². The molecule has 152 valence electrons. The highest BCUT2D eigenvalue weighted by atomic mass is 16.5. The second-order valence-electron chi connectivity index (χ2n) is 7.62. The van der Waals surface area contributed by atoms with Crippen LogP contribution in [0.15, 0.2) is 83.7 Å². The molecule has 0 saturated carbocycles. The zero-order valence-electron chi connectivity index (χ0n) is 17.6. The number of methoxy groups -OCH3 is 1. The van der Waals surface area contributed by atoms with Gasteiger partial charge in [-0.05, 0) is 48.8 Å². The first-order valence-electron chi connectivity index (χ1n) is 10.1. The number of nitrogens with zero attached hydrogens (tertiary/aromatic N) is 2. The summed E-state index contributed by atoms with van der Waals surface area (Å²) in [6, 6.07) is 26.1. The van der Waals surface area contributed by atoms with Crippen molar-refractivity contribution in [2.45, 2.75) is 6.54 Å². The lowest BCUT2D eigenvalue weighted by molar-refractivity contribution is 0.382. The monoisotopic (exact) mass is 398 g/mol. The fourth-order valence-electron chi connectivity index (χ4n) is 3.86. The minimum atomic E-state index is 0.0450. The summed E-state index contributed by atoms with van der Waals surface area (Å²) in [4.78, 5) is 15.6. The molecule has 3 aromatic carbocycles. The van der Waals surface area contributed by atoms with E-state index in [1.54, 1.807) is 7.11 Å². The number of fused-ring (bicyclic) bond motifs is 1. The topological polar surface area (TPSA) is 34.5 Å². The highest BCUT2D eigenvalue weighted by Gasteiger charge is 2.19. The summed E-state index contributed by atoms with van der Waals surface area (Å²) >= 11 is 0. The molecule has 4 nitrogen and oxygen atoms in total. The third-order valence-electron chi connectivity index (χ3n) is 5.38. The summed E-state index contributed by atoms with van der Waals surface area (Å²) in [5.41, 5.74) is 4.15. The van der Waals surface area contributed by atoms with Gasteiger partial charge in [0.1, 0.15) is 5.75 Å². The van der Waals surface area contributed by atoms with Crippen LogP contribution in [0.5, 0.6) is 5.75 Å². The second-order valence-corrected chi connectivity index (χ2v) is 7.62. The number of likely N-dealkylation sites (N-methyl/N-ethyl adjacent to an activating group) is 1. The van der Waals surface area contributed by atoms with Gasteiger partial charge in [-0.3, -0.25) is 4.79 Å². The van der Waals surface area contributed by atoms with E-state index in [1.807, 2.05) is 73.3 Å². The normalized spacial score (nSPS) is 11.2. The Morgan fingerprint density at radius 3 is 2.07 bits per heavy atom. The molecule has 1 heterocycles. The summed E-state index contributed by atoms with van der Waals surface area (Å²) in [5.74, 6) is 0.810. The Bertz CT molecular complexity index is 1210. The molecule has 0 saturated heterocycles. The average molecular weight is 399 g/mol. The van der Waals surface area contributed by atoms with E-state index in [4.69, 9.17) is 4.74 Å². The van der Waals surface area contributed by atoms with E-state index in [-0.39, 0.29) is 5.56 Å². The Balaban J connectivity index is 2.11. The van der Waals surface area contributed by atoms with Crippen LogP contribution < -0.4 is 10.3 Å². The van der Waals surface area contributed by atoms with Crippen molar-refractivity contribution in [2.75, 3.05) is 27.7 Å². The van der Waals surface area contributed by atoms with Crippen molar-refractivity contribution < 1.29 is 4.74 Å². The number of benzene rings is 3. The van der Waals surface area contributed by atoms with E-state index in [2.05, 4.69) is 29.2 Å². The fourth-order valence-corrected chi connectivity index (χ4v) is 3.86. The maximum atomic E-state index is 13.5. The summed E-state index contributed by atoms with van der Waals surface area (Å²) in [7, 11) is 5.72. The zero-order valence-corrected chi connectivity index (χ0v) is 17.6. The van der Waals surface area contributed by atoms with Gasteiger partial charge in [0.2, 0.25) is 0 Å². The van der Waals surface area contributed by atoms with E-state index in [0.717, 1.165) is 45.5 Å². The van der Waals surface area contributed by atoms with Crippen molar-refractivity contribution >= 4 is 10.8 Å². The lowest BCUT2D eigenvalue weighted by atomic mass is 9.93. The summed E-state index contributed by atoms with van der Waals surface area (Å²) in [6.45, 7) is 1.39. The fraction of sp³-hybridized carbons (Fsp3) is 0.192. The van der Waals surface area contributed by atoms with E-state index < -0.39 is 0 Å². The molecule has 1 aromatic heterocycles. The molecule has 0 fully saturated rings. The molecule has 0 atom stereocenters. The van der Waals surface area contributed by atoms with Gasteiger partial charge in [-0.25, -0.2) is 0 Å². The van der Waals surface area contributed by atoms with Crippen molar-refractivity contribution in [1.29, 1.82) is 0 Å². The van der Waals surface area contributed by atoms with E-state index in [0.29, 0.717) is 6.54 Å². The Morgan fingerprint density at radius 1 is 0.800 bits per heavy atom. The first kappa shape index (κ1) is 19.9. The molecule has 0 amide bonds. The molecule has 0 bridgehead atoms. The van der Waals surface area contributed by atoms with Crippen LogP contribution in [0, 0.1) is 0 Å². The van der Waals surface area contributed by atoms with Crippen LogP contribution in [-0.2, 0) is 6.54 Å². The van der Waals surface area contributed by atoms with E-state index in [1.165, 1.54) is 0 Å². The average Bonchev–Trinajstić information content (AvgIpc) is 2.79. The van der Waals surface area contributed by atoms with Crippen LogP contribution in [0.3, 0.4) is 0 Å². The standard InChI is InChI=1S/C26H26N2O2/c1-27(2)17-18-28-25(20-9-5-4-6-10-20)24(19-13-15-21(30-3)16-14-19)22-11-7-8-12-23(22)26(28)29/h4-16H,17-18H2,1-3H3. The molecule has 4 rings (SSSR count). The lowest BCUT2D eigenvalue weighted by Crippen LogP contribution is -2.28. The number of hydrogen-bond acceptors (Lipinski definition) is 3. The molecule has 0 aliphatic carbocycles. The third-order valence-corrected chi connectivity index (χ3v) is 5.38. The van der Waals surface area contributed by atoms with Crippen LogP contribution >= 0.6 is 0 Å². The Hall–Kier alpha value is -3.37. The predicted molar refractivity (Wildman–Crippen MR) is 124 cm³/mol. The molecule has 0 aliphatic heterocycles. The van der Waals surface area contributed by atoms with Crippen molar-refractivity contribution in [3.8, 4) is 28.1 Å². The van der Waals surface area contributed by atoms with Crippen LogP contribution in [0.2, 0.25) is 0 Å². The van der Waals surface area contributed by atoms with Crippen molar-refractivity contribution in [2.24, 2.45) is 0 Å². The highest BCUT2D eigenvalue weighted by molar-refractivity contribution is 6.02. The van der Waals surface area contributed by atoms with Crippen molar-refractivity contribution in [3.63, 3.8) is 0 Å². The molecule has 0 N–H and O–H groups in total. The Labute approximate surface area is 177 Å². The molecule has 30 heavy (non-hydrogen) atoms. The van der Waals surface area contributed by atoms with Crippen LogP contribution in [0.25, 0.3) is 33.2 Å². The molecule has 4 heteroatoms. The van der Waals surface area contributed by atoms with Gasteiger partial charge in [-0.2, -0.15) is 0 Å². The van der Waals surface area contributed by atoms with Gasteiger partial charge in [0.05, 0.1) is 12.8 Å². The SMILES string of the molecule is COc1ccc(-c2c(-c3ccccc3)n(CCN(C)C)c(=O)c3ccccc23)cc1. The van der Waals surface area contributed by atoms with Gasteiger partial charge in [0.15, 0.2) is 0 Å². The molecule has 0 radical (unpaired) electrons. The highest BCUT2D eigenvalue weighted by Crippen LogP contribution is 2.37. The zero-order chi connectivity index (χ0) is 21.1. The van der Waals surface area contributed by atoms with Crippen LogP contribution in [-0.4, -0.2) is 37.2 Å². The molecule has 0 spiro atoms. The number of aromatic nitrogens is 1. The smallest absolute Gasteiger partial charge is 0.258 e. The van der Waals surface area contributed by atoms with Gasteiger partial charge in [0.25, 0.3) is 5.56 Å². The maximum Gasteiger partial charge on any atom is 0.258 e. The van der Waals surface area contributed by atoms with Gasteiger partial charge >= 0.3 is 0 Å². The summed E-state index contributed by atoms with van der Waals surface area (Å²) in [5, 5.41) is 1.70. The van der Waals surface area contributed by atoms with E-state index >= 15 is 0 Å². The van der Waals surface area contributed by atoms with Gasteiger partial charge < -0.3 is 14.2 Å².